The first-order chi connectivity index (χ1) is 9.76. The number of benzene rings is 1. The van der Waals surface area contributed by atoms with Gasteiger partial charge in [0, 0.05) is 10.7 Å². The van der Waals surface area contributed by atoms with Gasteiger partial charge in [0.2, 0.25) is 0 Å². The van der Waals surface area contributed by atoms with Gasteiger partial charge in [0.1, 0.15) is 0 Å². The summed E-state index contributed by atoms with van der Waals surface area (Å²) in [5.74, 6) is 0.785. The van der Waals surface area contributed by atoms with E-state index in [0.717, 1.165) is 12.5 Å². The highest BCUT2D eigenvalue weighted by molar-refractivity contribution is 7.17. The van der Waals surface area contributed by atoms with Gasteiger partial charge < -0.3 is 5.32 Å². The standard InChI is InChI=1S/C18H27NS/c1-4-8-14(3)12-17(19-11-5-2)16-13-20-18-10-7-6-9-15(16)18/h6-7,9-10,13-14,17,19H,4-5,8,11-12H2,1-3H3. The minimum atomic E-state index is 0.507. The predicted molar refractivity (Wildman–Crippen MR) is 91.5 cm³/mol. The molecular weight excluding hydrogens is 262 g/mol. The molecule has 2 atom stereocenters. The summed E-state index contributed by atoms with van der Waals surface area (Å²) in [6.45, 7) is 8.02. The zero-order valence-corrected chi connectivity index (χ0v) is 13.8. The van der Waals surface area contributed by atoms with Crippen molar-refractivity contribution in [3.63, 3.8) is 0 Å². The van der Waals surface area contributed by atoms with Crippen molar-refractivity contribution >= 4 is 21.4 Å². The van der Waals surface area contributed by atoms with Gasteiger partial charge in [0.05, 0.1) is 0 Å². The third-order valence-corrected chi connectivity index (χ3v) is 4.93. The first kappa shape index (κ1) is 15.5. The molecule has 0 spiro atoms. The van der Waals surface area contributed by atoms with Gasteiger partial charge in [-0.15, -0.1) is 11.3 Å². The molecule has 0 aliphatic carbocycles. The van der Waals surface area contributed by atoms with Crippen LogP contribution in [0.5, 0.6) is 0 Å². The van der Waals surface area contributed by atoms with Gasteiger partial charge in [-0.1, -0.05) is 51.8 Å². The fourth-order valence-corrected chi connectivity index (χ4v) is 3.94. The van der Waals surface area contributed by atoms with Crippen LogP contribution in [0.2, 0.25) is 0 Å². The topological polar surface area (TPSA) is 12.0 Å². The normalized spacial score (nSPS) is 14.6. The summed E-state index contributed by atoms with van der Waals surface area (Å²) in [4.78, 5) is 0. The molecule has 2 aromatic rings. The molecule has 110 valence electrons. The van der Waals surface area contributed by atoms with Gasteiger partial charge >= 0.3 is 0 Å². The third-order valence-electron chi connectivity index (χ3n) is 3.95. The molecule has 0 radical (unpaired) electrons. The molecule has 1 nitrogen and oxygen atoms in total. The zero-order valence-electron chi connectivity index (χ0n) is 13.0. The molecule has 2 heteroatoms. The summed E-state index contributed by atoms with van der Waals surface area (Å²) in [6, 6.07) is 9.30. The van der Waals surface area contributed by atoms with Crippen molar-refractivity contribution in [3.05, 3.63) is 35.2 Å². The first-order valence-corrected chi connectivity index (χ1v) is 8.83. The fourth-order valence-electron chi connectivity index (χ4n) is 2.92. The van der Waals surface area contributed by atoms with Crippen molar-refractivity contribution < 1.29 is 0 Å². The number of fused-ring (bicyclic) bond motifs is 1. The molecule has 1 N–H and O–H groups in total. The first-order valence-electron chi connectivity index (χ1n) is 7.95. The second-order valence-corrected chi connectivity index (χ2v) is 6.73. The molecule has 0 bridgehead atoms. The second kappa shape index (κ2) is 7.80. The molecule has 20 heavy (non-hydrogen) atoms. The zero-order chi connectivity index (χ0) is 14.4. The smallest absolute Gasteiger partial charge is 0.0346 e. The molecule has 0 aliphatic rings. The minimum absolute atomic E-state index is 0.507. The number of thiophene rings is 1. The Kier molecular flexibility index (Phi) is 6.06. The lowest BCUT2D eigenvalue weighted by molar-refractivity contribution is 0.392. The largest absolute Gasteiger partial charge is 0.310 e. The van der Waals surface area contributed by atoms with Crippen LogP contribution in [0.15, 0.2) is 29.6 Å². The molecule has 0 fully saturated rings. The van der Waals surface area contributed by atoms with E-state index in [9.17, 15) is 0 Å². The molecule has 0 aliphatic heterocycles. The van der Waals surface area contributed by atoms with Crippen LogP contribution in [0, 0.1) is 5.92 Å². The summed E-state index contributed by atoms with van der Waals surface area (Å²) in [7, 11) is 0. The van der Waals surface area contributed by atoms with Crippen LogP contribution in [-0.4, -0.2) is 6.54 Å². The molecule has 2 unspecified atom stereocenters. The quantitative estimate of drug-likeness (QED) is 0.650. The van der Waals surface area contributed by atoms with Crippen LogP contribution in [0.4, 0.5) is 0 Å². The Morgan fingerprint density at radius 3 is 2.70 bits per heavy atom. The summed E-state index contributed by atoms with van der Waals surface area (Å²) in [5.41, 5.74) is 1.50. The van der Waals surface area contributed by atoms with E-state index >= 15 is 0 Å². The van der Waals surface area contributed by atoms with Crippen LogP contribution < -0.4 is 5.32 Å². The number of hydrogen-bond acceptors (Lipinski definition) is 2. The van der Waals surface area contributed by atoms with Crippen molar-refractivity contribution in [2.75, 3.05) is 6.54 Å². The van der Waals surface area contributed by atoms with Gasteiger partial charge in [0.15, 0.2) is 0 Å². The molecule has 0 amide bonds. The maximum absolute atomic E-state index is 3.76. The SMILES string of the molecule is CCCNC(CC(C)CCC)c1csc2ccccc12. The number of hydrogen-bond donors (Lipinski definition) is 1. The average Bonchev–Trinajstić information content (AvgIpc) is 2.87. The van der Waals surface area contributed by atoms with E-state index in [1.165, 1.54) is 41.3 Å². The molecular formula is C18H27NS. The summed E-state index contributed by atoms with van der Waals surface area (Å²) < 4.78 is 1.41. The van der Waals surface area contributed by atoms with Crippen LogP contribution in [-0.2, 0) is 0 Å². The molecule has 1 aromatic heterocycles. The van der Waals surface area contributed by atoms with Crippen molar-refractivity contribution in [1.29, 1.82) is 0 Å². The van der Waals surface area contributed by atoms with E-state index in [2.05, 4.69) is 55.7 Å². The van der Waals surface area contributed by atoms with E-state index in [-0.39, 0.29) is 0 Å². The van der Waals surface area contributed by atoms with E-state index < -0.39 is 0 Å². The van der Waals surface area contributed by atoms with Crippen molar-refractivity contribution in [1.82, 2.24) is 5.32 Å². The van der Waals surface area contributed by atoms with Gasteiger partial charge in [-0.05, 0) is 47.7 Å². The van der Waals surface area contributed by atoms with Crippen molar-refractivity contribution in [3.8, 4) is 0 Å². The van der Waals surface area contributed by atoms with E-state index in [1.54, 1.807) is 0 Å². The predicted octanol–water partition coefficient (Wildman–Crippen LogP) is 5.77. The maximum Gasteiger partial charge on any atom is 0.0346 e. The Hall–Kier alpha value is -0.860. The average molecular weight is 289 g/mol. The summed E-state index contributed by atoms with van der Waals surface area (Å²) >= 11 is 1.88. The fraction of sp³-hybridized carbons (Fsp3) is 0.556. The van der Waals surface area contributed by atoms with Gasteiger partial charge in [-0.25, -0.2) is 0 Å². The Morgan fingerprint density at radius 1 is 1.15 bits per heavy atom. The Morgan fingerprint density at radius 2 is 1.95 bits per heavy atom. The lowest BCUT2D eigenvalue weighted by atomic mass is 9.92. The highest BCUT2D eigenvalue weighted by Crippen LogP contribution is 2.33. The number of nitrogens with one attached hydrogen (secondary N) is 1. The van der Waals surface area contributed by atoms with Crippen LogP contribution in [0.3, 0.4) is 0 Å². The summed E-state index contributed by atoms with van der Waals surface area (Å²) in [5, 5.41) is 7.56. The number of rotatable bonds is 8. The Bertz CT molecular complexity index is 517. The lowest BCUT2D eigenvalue weighted by Crippen LogP contribution is -2.23. The van der Waals surface area contributed by atoms with Crippen molar-refractivity contribution in [2.24, 2.45) is 5.92 Å². The molecule has 1 heterocycles. The van der Waals surface area contributed by atoms with Gasteiger partial charge in [-0.3, -0.25) is 0 Å². The molecule has 2 rings (SSSR count). The molecule has 0 saturated heterocycles. The Labute approximate surface area is 127 Å². The van der Waals surface area contributed by atoms with E-state index in [0.29, 0.717) is 6.04 Å². The van der Waals surface area contributed by atoms with Gasteiger partial charge in [-0.2, -0.15) is 0 Å². The second-order valence-electron chi connectivity index (χ2n) is 5.82. The van der Waals surface area contributed by atoms with Crippen LogP contribution in [0.25, 0.3) is 10.1 Å². The van der Waals surface area contributed by atoms with Crippen LogP contribution in [0.1, 0.15) is 58.1 Å². The van der Waals surface area contributed by atoms with E-state index in [4.69, 9.17) is 0 Å². The van der Waals surface area contributed by atoms with Crippen molar-refractivity contribution in [2.45, 2.75) is 52.5 Å². The molecule has 1 aromatic carbocycles. The highest BCUT2D eigenvalue weighted by Gasteiger charge is 2.17. The maximum atomic E-state index is 3.76. The lowest BCUT2D eigenvalue weighted by Gasteiger charge is -2.22. The monoisotopic (exact) mass is 289 g/mol. The third kappa shape index (κ3) is 3.83. The highest BCUT2D eigenvalue weighted by atomic mass is 32.1. The van der Waals surface area contributed by atoms with E-state index in [1.807, 2.05) is 11.3 Å². The summed E-state index contributed by atoms with van der Waals surface area (Å²) in [6.07, 6.45) is 5.05. The van der Waals surface area contributed by atoms with Gasteiger partial charge in [0.25, 0.3) is 0 Å². The van der Waals surface area contributed by atoms with Crippen LogP contribution >= 0.6 is 11.3 Å². The molecule has 0 saturated carbocycles. The Balaban J connectivity index is 2.20. The minimum Gasteiger partial charge on any atom is -0.310 e.